The summed E-state index contributed by atoms with van der Waals surface area (Å²) in [5, 5.41) is 12.4. The average Bonchev–Trinajstić information content (AvgIpc) is 2.39. The van der Waals surface area contributed by atoms with Crippen molar-refractivity contribution >= 4 is 29.1 Å². The average molecular weight is 277 g/mol. The van der Waals surface area contributed by atoms with Gasteiger partial charge in [-0.2, -0.15) is 0 Å². The number of carbonyl (C=O) groups is 1. The zero-order valence-electron chi connectivity index (χ0n) is 10.4. The number of hydrogen-bond acceptors (Lipinski definition) is 3. The summed E-state index contributed by atoms with van der Waals surface area (Å²) < 4.78 is 0. The van der Waals surface area contributed by atoms with Crippen molar-refractivity contribution in [1.82, 2.24) is 4.98 Å². The molecule has 2 aromatic rings. The number of nitrogens with zero attached hydrogens (tertiary/aromatic N) is 1. The van der Waals surface area contributed by atoms with Gasteiger partial charge in [0.05, 0.1) is 0 Å². The first-order valence-corrected chi connectivity index (χ1v) is 6.24. The number of rotatable bonds is 4. The molecular formula is C14H13ClN2O2. The van der Waals surface area contributed by atoms with E-state index >= 15 is 0 Å². The van der Waals surface area contributed by atoms with Crippen LogP contribution in [0.15, 0.2) is 36.4 Å². The molecule has 0 bridgehead atoms. The highest BCUT2D eigenvalue weighted by molar-refractivity contribution is 6.29. The van der Waals surface area contributed by atoms with Crippen molar-refractivity contribution < 1.29 is 9.90 Å². The molecule has 2 N–H and O–H groups in total. The molecule has 0 aliphatic carbocycles. The second kappa shape index (κ2) is 5.71. The number of aryl methyl sites for hydroxylation is 1. The maximum Gasteiger partial charge on any atom is 0.339 e. The molecule has 0 saturated heterocycles. The Morgan fingerprint density at radius 2 is 2.05 bits per heavy atom. The van der Waals surface area contributed by atoms with Gasteiger partial charge in [0.2, 0.25) is 0 Å². The molecule has 0 aliphatic heterocycles. The first-order valence-electron chi connectivity index (χ1n) is 5.86. The largest absolute Gasteiger partial charge is 0.478 e. The van der Waals surface area contributed by atoms with Crippen molar-refractivity contribution in [3.05, 3.63) is 52.7 Å². The van der Waals surface area contributed by atoms with E-state index in [0.717, 1.165) is 17.7 Å². The van der Waals surface area contributed by atoms with Gasteiger partial charge in [0, 0.05) is 5.69 Å². The fourth-order valence-corrected chi connectivity index (χ4v) is 1.93. The normalized spacial score (nSPS) is 10.2. The van der Waals surface area contributed by atoms with Gasteiger partial charge in [-0.25, -0.2) is 9.78 Å². The van der Waals surface area contributed by atoms with Crippen LogP contribution in [0.3, 0.4) is 0 Å². The highest BCUT2D eigenvalue weighted by Gasteiger charge is 2.13. The van der Waals surface area contributed by atoms with E-state index in [-0.39, 0.29) is 16.5 Å². The smallest absolute Gasteiger partial charge is 0.339 e. The minimum atomic E-state index is -1.04. The van der Waals surface area contributed by atoms with Crippen LogP contribution in [0.5, 0.6) is 0 Å². The lowest BCUT2D eigenvalue weighted by Crippen LogP contribution is -2.06. The quantitative estimate of drug-likeness (QED) is 0.835. The number of aromatic carboxylic acids is 1. The predicted octanol–water partition coefficient (Wildman–Crippen LogP) is 3.74. The van der Waals surface area contributed by atoms with E-state index in [0.29, 0.717) is 0 Å². The van der Waals surface area contributed by atoms with Crippen molar-refractivity contribution in [3.63, 3.8) is 0 Å². The second-order valence-electron chi connectivity index (χ2n) is 3.97. The Labute approximate surface area is 116 Å². The van der Waals surface area contributed by atoms with Crippen LogP contribution < -0.4 is 5.32 Å². The third-order valence-electron chi connectivity index (χ3n) is 2.74. The highest BCUT2D eigenvalue weighted by Crippen LogP contribution is 2.24. The summed E-state index contributed by atoms with van der Waals surface area (Å²) >= 11 is 5.82. The van der Waals surface area contributed by atoms with E-state index in [4.69, 9.17) is 16.7 Å². The molecule has 5 heteroatoms. The van der Waals surface area contributed by atoms with E-state index < -0.39 is 5.97 Å². The number of nitrogens with one attached hydrogen (secondary N) is 1. The Kier molecular flexibility index (Phi) is 4.02. The maximum absolute atomic E-state index is 11.2. The number of halogens is 1. The molecule has 0 fully saturated rings. The van der Waals surface area contributed by atoms with Gasteiger partial charge in [0.15, 0.2) is 0 Å². The number of anilines is 2. The van der Waals surface area contributed by atoms with Crippen LogP contribution in [0, 0.1) is 0 Å². The summed E-state index contributed by atoms with van der Waals surface area (Å²) in [6, 6.07) is 10.6. The lowest BCUT2D eigenvalue weighted by molar-refractivity contribution is 0.0697. The number of para-hydroxylation sites is 1. The van der Waals surface area contributed by atoms with Gasteiger partial charge in [-0.1, -0.05) is 36.7 Å². The first kappa shape index (κ1) is 13.4. The standard InChI is InChI=1S/C14H13ClN2O2/c1-2-9-5-3-4-6-11(9)16-13-10(14(18)19)7-8-12(15)17-13/h3-8H,2H2,1H3,(H,16,17)(H,18,19). The SMILES string of the molecule is CCc1ccccc1Nc1nc(Cl)ccc1C(=O)O. The maximum atomic E-state index is 11.2. The monoisotopic (exact) mass is 276 g/mol. The molecule has 1 aromatic heterocycles. The van der Waals surface area contributed by atoms with Gasteiger partial charge in [-0.15, -0.1) is 0 Å². The van der Waals surface area contributed by atoms with Crippen LogP contribution in [-0.4, -0.2) is 16.1 Å². The van der Waals surface area contributed by atoms with E-state index in [2.05, 4.69) is 10.3 Å². The molecule has 0 aliphatic rings. The Hall–Kier alpha value is -2.07. The van der Waals surface area contributed by atoms with Crippen LogP contribution >= 0.6 is 11.6 Å². The van der Waals surface area contributed by atoms with Crippen molar-refractivity contribution in [1.29, 1.82) is 0 Å². The minimum absolute atomic E-state index is 0.0929. The highest BCUT2D eigenvalue weighted by atomic mass is 35.5. The molecule has 0 unspecified atom stereocenters. The van der Waals surface area contributed by atoms with E-state index in [1.54, 1.807) is 0 Å². The number of pyridine rings is 1. The summed E-state index contributed by atoms with van der Waals surface area (Å²) in [6.07, 6.45) is 0.839. The first-order chi connectivity index (χ1) is 9.11. The minimum Gasteiger partial charge on any atom is -0.478 e. The summed E-state index contributed by atoms with van der Waals surface area (Å²) in [5.74, 6) is -0.790. The van der Waals surface area contributed by atoms with E-state index in [1.807, 2.05) is 31.2 Å². The number of benzene rings is 1. The van der Waals surface area contributed by atoms with Crippen LogP contribution in [0.1, 0.15) is 22.8 Å². The van der Waals surface area contributed by atoms with Crippen LogP contribution in [0.4, 0.5) is 11.5 Å². The lowest BCUT2D eigenvalue weighted by atomic mass is 10.1. The van der Waals surface area contributed by atoms with E-state index in [9.17, 15) is 4.79 Å². The Balaban J connectivity index is 2.42. The summed E-state index contributed by atoms with van der Waals surface area (Å²) in [5.41, 5.74) is 2.01. The Morgan fingerprint density at radius 3 is 2.74 bits per heavy atom. The van der Waals surface area contributed by atoms with Gasteiger partial charge in [-0.05, 0) is 30.2 Å². The number of carboxylic acid groups (broad SMARTS) is 1. The molecule has 0 amide bonds. The zero-order chi connectivity index (χ0) is 13.8. The summed E-state index contributed by atoms with van der Waals surface area (Å²) in [4.78, 5) is 15.2. The third-order valence-corrected chi connectivity index (χ3v) is 2.95. The summed E-state index contributed by atoms with van der Waals surface area (Å²) in [7, 11) is 0. The predicted molar refractivity (Wildman–Crippen MR) is 75.3 cm³/mol. The number of aromatic nitrogens is 1. The molecule has 1 heterocycles. The van der Waals surface area contributed by atoms with Gasteiger partial charge in [0.25, 0.3) is 0 Å². The van der Waals surface area contributed by atoms with Crippen molar-refractivity contribution in [3.8, 4) is 0 Å². The van der Waals surface area contributed by atoms with Gasteiger partial charge in [-0.3, -0.25) is 0 Å². The molecule has 4 nitrogen and oxygen atoms in total. The fraction of sp³-hybridized carbons (Fsp3) is 0.143. The van der Waals surface area contributed by atoms with Crippen molar-refractivity contribution in [2.75, 3.05) is 5.32 Å². The van der Waals surface area contributed by atoms with Gasteiger partial charge >= 0.3 is 5.97 Å². The Morgan fingerprint density at radius 1 is 1.32 bits per heavy atom. The number of hydrogen-bond donors (Lipinski definition) is 2. The van der Waals surface area contributed by atoms with Crippen LogP contribution in [0.25, 0.3) is 0 Å². The van der Waals surface area contributed by atoms with E-state index in [1.165, 1.54) is 12.1 Å². The molecule has 0 saturated carbocycles. The lowest BCUT2D eigenvalue weighted by Gasteiger charge is -2.12. The van der Waals surface area contributed by atoms with Crippen LogP contribution in [0.2, 0.25) is 5.15 Å². The van der Waals surface area contributed by atoms with Gasteiger partial charge < -0.3 is 10.4 Å². The third kappa shape index (κ3) is 3.03. The van der Waals surface area contributed by atoms with Crippen molar-refractivity contribution in [2.45, 2.75) is 13.3 Å². The van der Waals surface area contributed by atoms with Crippen LogP contribution in [-0.2, 0) is 6.42 Å². The second-order valence-corrected chi connectivity index (χ2v) is 4.36. The molecule has 1 aromatic carbocycles. The summed E-state index contributed by atoms with van der Waals surface area (Å²) in [6.45, 7) is 2.03. The number of carboxylic acids is 1. The molecule has 2 rings (SSSR count). The zero-order valence-corrected chi connectivity index (χ0v) is 11.1. The molecule has 0 radical (unpaired) electrons. The van der Waals surface area contributed by atoms with Gasteiger partial charge in [0.1, 0.15) is 16.5 Å². The van der Waals surface area contributed by atoms with Crippen molar-refractivity contribution in [2.24, 2.45) is 0 Å². The fourth-order valence-electron chi connectivity index (χ4n) is 1.78. The Bertz CT molecular complexity index is 614. The molecule has 19 heavy (non-hydrogen) atoms. The topological polar surface area (TPSA) is 62.2 Å². The molecule has 98 valence electrons. The molecule has 0 atom stereocenters. The molecule has 0 spiro atoms. The molecular weight excluding hydrogens is 264 g/mol.